The number of piperazine rings is 1. The molecule has 0 aromatic heterocycles. The standard InChI is InChI=1S/C17H24Cl2N2O2/c1-12(2)10-20-7-8-21(11-13(20)6-9-22)17(23)14-4-3-5-15(18)16(14)19/h3-5,12-13,22H,6-11H2,1-2H3/t13-/m0/s1. The molecule has 6 heteroatoms. The van der Waals surface area contributed by atoms with Crippen molar-refractivity contribution in [3.63, 3.8) is 0 Å². The third-order valence-electron chi connectivity index (χ3n) is 4.14. The van der Waals surface area contributed by atoms with Gasteiger partial charge in [0.15, 0.2) is 0 Å². The Bertz CT molecular complexity index is 551. The number of amides is 1. The summed E-state index contributed by atoms with van der Waals surface area (Å²) in [6.07, 6.45) is 0.666. The molecule has 0 aliphatic carbocycles. The minimum atomic E-state index is -0.0929. The lowest BCUT2D eigenvalue weighted by atomic mass is 10.0. The van der Waals surface area contributed by atoms with Crippen LogP contribution in [0.3, 0.4) is 0 Å². The average molecular weight is 359 g/mol. The maximum Gasteiger partial charge on any atom is 0.255 e. The molecule has 2 rings (SSSR count). The van der Waals surface area contributed by atoms with Crippen LogP contribution in [0.1, 0.15) is 30.6 Å². The molecule has 1 aromatic rings. The van der Waals surface area contributed by atoms with Crippen molar-refractivity contribution in [2.24, 2.45) is 5.92 Å². The summed E-state index contributed by atoms with van der Waals surface area (Å²) < 4.78 is 0. The predicted molar refractivity (Wildman–Crippen MR) is 94.3 cm³/mol. The lowest BCUT2D eigenvalue weighted by Crippen LogP contribution is -2.55. The topological polar surface area (TPSA) is 43.8 Å². The van der Waals surface area contributed by atoms with Crippen LogP contribution >= 0.6 is 23.2 Å². The second-order valence-electron chi connectivity index (χ2n) is 6.41. The Morgan fingerprint density at radius 3 is 2.74 bits per heavy atom. The fraction of sp³-hybridized carbons (Fsp3) is 0.588. The van der Waals surface area contributed by atoms with Crippen LogP contribution in [-0.2, 0) is 0 Å². The van der Waals surface area contributed by atoms with Gasteiger partial charge >= 0.3 is 0 Å². The highest BCUT2D eigenvalue weighted by atomic mass is 35.5. The zero-order valence-corrected chi connectivity index (χ0v) is 15.1. The molecule has 0 saturated carbocycles. The maximum absolute atomic E-state index is 12.8. The Kier molecular flexibility index (Phi) is 6.72. The number of carbonyl (C=O) groups is 1. The van der Waals surface area contributed by atoms with Crippen LogP contribution in [0.2, 0.25) is 10.0 Å². The van der Waals surface area contributed by atoms with Crippen molar-refractivity contribution < 1.29 is 9.90 Å². The van der Waals surface area contributed by atoms with Gasteiger partial charge < -0.3 is 10.0 Å². The summed E-state index contributed by atoms with van der Waals surface area (Å²) in [5.74, 6) is 0.463. The van der Waals surface area contributed by atoms with Crippen molar-refractivity contribution in [3.05, 3.63) is 33.8 Å². The molecule has 1 aliphatic heterocycles. The first-order valence-corrected chi connectivity index (χ1v) is 8.77. The third kappa shape index (κ3) is 4.60. The predicted octanol–water partition coefficient (Wildman–Crippen LogP) is 3.16. The number of hydrogen-bond acceptors (Lipinski definition) is 3. The van der Waals surface area contributed by atoms with Crippen molar-refractivity contribution >= 4 is 29.1 Å². The SMILES string of the molecule is CC(C)CN1CCN(C(=O)c2cccc(Cl)c2Cl)C[C@@H]1CCO. The molecule has 4 nitrogen and oxygen atoms in total. The first kappa shape index (κ1) is 18.5. The molecule has 1 fully saturated rings. The summed E-state index contributed by atoms with van der Waals surface area (Å²) in [6, 6.07) is 5.30. The highest BCUT2D eigenvalue weighted by molar-refractivity contribution is 6.43. The Balaban J connectivity index is 2.12. The van der Waals surface area contributed by atoms with Crippen molar-refractivity contribution in [2.75, 3.05) is 32.8 Å². The minimum Gasteiger partial charge on any atom is -0.396 e. The van der Waals surface area contributed by atoms with Gasteiger partial charge in [-0.25, -0.2) is 0 Å². The Hall–Kier alpha value is -0.810. The summed E-state index contributed by atoms with van der Waals surface area (Å²) in [4.78, 5) is 16.9. The Morgan fingerprint density at radius 1 is 1.35 bits per heavy atom. The van der Waals surface area contributed by atoms with Gasteiger partial charge in [0.25, 0.3) is 5.91 Å². The van der Waals surface area contributed by atoms with Gasteiger partial charge in [-0.2, -0.15) is 0 Å². The summed E-state index contributed by atoms with van der Waals surface area (Å²) in [5, 5.41) is 10.0. The van der Waals surface area contributed by atoms with Crippen molar-refractivity contribution in [2.45, 2.75) is 26.3 Å². The molecule has 1 heterocycles. The summed E-state index contributed by atoms with van der Waals surface area (Å²) in [7, 11) is 0. The number of benzene rings is 1. The highest BCUT2D eigenvalue weighted by Crippen LogP contribution is 2.27. The van der Waals surface area contributed by atoms with Gasteiger partial charge in [0, 0.05) is 38.8 Å². The number of aliphatic hydroxyl groups is 1. The van der Waals surface area contributed by atoms with Crippen LogP contribution in [0.15, 0.2) is 18.2 Å². The fourth-order valence-corrected chi connectivity index (χ4v) is 3.43. The van der Waals surface area contributed by atoms with E-state index in [-0.39, 0.29) is 18.6 Å². The molecule has 1 saturated heterocycles. The number of carbonyl (C=O) groups excluding carboxylic acids is 1. The summed E-state index contributed by atoms with van der Waals surface area (Å²) in [6.45, 7) is 7.54. The molecule has 23 heavy (non-hydrogen) atoms. The van der Waals surface area contributed by atoms with E-state index in [0.717, 1.165) is 13.1 Å². The lowest BCUT2D eigenvalue weighted by Gasteiger charge is -2.42. The monoisotopic (exact) mass is 358 g/mol. The van der Waals surface area contributed by atoms with E-state index >= 15 is 0 Å². The van der Waals surface area contributed by atoms with Crippen LogP contribution < -0.4 is 0 Å². The van der Waals surface area contributed by atoms with Gasteiger partial charge in [0.2, 0.25) is 0 Å². The second-order valence-corrected chi connectivity index (χ2v) is 7.19. The van der Waals surface area contributed by atoms with Crippen LogP contribution in [-0.4, -0.2) is 59.6 Å². The van der Waals surface area contributed by atoms with Crippen molar-refractivity contribution in [1.29, 1.82) is 0 Å². The second kappa shape index (κ2) is 8.34. The number of aliphatic hydroxyl groups excluding tert-OH is 1. The molecule has 0 bridgehead atoms. The van der Waals surface area contributed by atoms with Gasteiger partial charge in [-0.1, -0.05) is 43.1 Å². The lowest BCUT2D eigenvalue weighted by molar-refractivity contribution is 0.0385. The molecule has 128 valence electrons. The van der Waals surface area contributed by atoms with E-state index < -0.39 is 0 Å². The number of rotatable bonds is 5. The maximum atomic E-state index is 12.8. The molecule has 1 aromatic carbocycles. The van der Waals surface area contributed by atoms with Crippen molar-refractivity contribution in [3.8, 4) is 0 Å². The molecular formula is C17H24Cl2N2O2. The van der Waals surface area contributed by atoms with E-state index in [4.69, 9.17) is 23.2 Å². The zero-order chi connectivity index (χ0) is 17.0. The molecule has 0 spiro atoms. The van der Waals surface area contributed by atoms with E-state index in [1.165, 1.54) is 0 Å². The van der Waals surface area contributed by atoms with E-state index in [1.807, 2.05) is 4.90 Å². The van der Waals surface area contributed by atoms with Gasteiger partial charge in [-0.05, 0) is 24.5 Å². The molecule has 1 aliphatic rings. The van der Waals surface area contributed by atoms with Crippen LogP contribution in [0.25, 0.3) is 0 Å². The Morgan fingerprint density at radius 2 is 2.09 bits per heavy atom. The van der Waals surface area contributed by atoms with E-state index in [0.29, 0.717) is 41.0 Å². The van der Waals surface area contributed by atoms with Gasteiger partial charge in [-0.3, -0.25) is 9.69 Å². The third-order valence-corrected chi connectivity index (χ3v) is 4.95. The number of nitrogens with zero attached hydrogens (tertiary/aromatic N) is 2. The van der Waals surface area contributed by atoms with E-state index in [2.05, 4.69) is 18.7 Å². The molecule has 1 amide bonds. The number of hydrogen-bond donors (Lipinski definition) is 1. The van der Waals surface area contributed by atoms with Crippen LogP contribution in [0, 0.1) is 5.92 Å². The highest BCUT2D eigenvalue weighted by Gasteiger charge is 2.30. The Labute approximate surface area is 148 Å². The van der Waals surface area contributed by atoms with Gasteiger partial charge in [0.1, 0.15) is 0 Å². The first-order valence-electron chi connectivity index (χ1n) is 8.02. The normalized spacial score (nSPS) is 19.4. The van der Waals surface area contributed by atoms with Crippen LogP contribution in [0.4, 0.5) is 0 Å². The molecule has 0 radical (unpaired) electrons. The van der Waals surface area contributed by atoms with Crippen LogP contribution in [0.5, 0.6) is 0 Å². The van der Waals surface area contributed by atoms with Gasteiger partial charge in [0.05, 0.1) is 15.6 Å². The van der Waals surface area contributed by atoms with Crippen molar-refractivity contribution in [1.82, 2.24) is 9.80 Å². The van der Waals surface area contributed by atoms with E-state index in [9.17, 15) is 9.90 Å². The summed E-state index contributed by atoms with van der Waals surface area (Å²) in [5.41, 5.74) is 0.444. The van der Waals surface area contributed by atoms with Gasteiger partial charge in [-0.15, -0.1) is 0 Å². The first-order chi connectivity index (χ1) is 10.9. The zero-order valence-electron chi connectivity index (χ0n) is 13.6. The quantitative estimate of drug-likeness (QED) is 0.878. The summed E-state index contributed by atoms with van der Waals surface area (Å²) >= 11 is 12.2. The smallest absolute Gasteiger partial charge is 0.255 e. The molecule has 1 atom stereocenters. The minimum absolute atomic E-state index is 0.0929. The van der Waals surface area contributed by atoms with E-state index in [1.54, 1.807) is 18.2 Å². The fourth-order valence-electron chi connectivity index (χ4n) is 3.05. The molecule has 0 unspecified atom stereocenters. The molecular weight excluding hydrogens is 335 g/mol. The average Bonchev–Trinajstić information content (AvgIpc) is 2.51. The number of halogens is 2. The largest absolute Gasteiger partial charge is 0.396 e. The molecule has 1 N–H and O–H groups in total.